The zero-order valence-electron chi connectivity index (χ0n) is 9.17. The largest absolute Gasteiger partial charge is 0.368 e. The van der Waals surface area contributed by atoms with E-state index in [0.29, 0.717) is 5.95 Å². The van der Waals surface area contributed by atoms with E-state index in [0.717, 1.165) is 23.0 Å². The van der Waals surface area contributed by atoms with Gasteiger partial charge < -0.3 is 5.73 Å². The summed E-state index contributed by atoms with van der Waals surface area (Å²) in [7, 11) is 1.87. The predicted molar refractivity (Wildman–Crippen MR) is 66.7 cm³/mol. The fourth-order valence-electron chi connectivity index (χ4n) is 1.25. The van der Waals surface area contributed by atoms with E-state index in [1.165, 1.54) is 4.88 Å². The van der Waals surface area contributed by atoms with Crippen molar-refractivity contribution in [3.63, 3.8) is 0 Å². The SMILES string of the molecule is Cc1ncsc1CCSc1nnc(N)n1C. The number of nitrogens with zero attached hydrogens (tertiary/aromatic N) is 4. The highest BCUT2D eigenvalue weighted by molar-refractivity contribution is 7.99. The summed E-state index contributed by atoms with van der Waals surface area (Å²) < 4.78 is 1.80. The molecule has 0 aliphatic heterocycles. The normalized spacial score (nSPS) is 10.9. The Kier molecular flexibility index (Phi) is 3.45. The van der Waals surface area contributed by atoms with Crippen LogP contribution in [0, 0.1) is 6.92 Å². The van der Waals surface area contributed by atoms with Gasteiger partial charge in [-0.2, -0.15) is 0 Å². The highest BCUT2D eigenvalue weighted by atomic mass is 32.2. The highest BCUT2D eigenvalue weighted by Gasteiger charge is 2.07. The third-order valence-corrected chi connectivity index (χ3v) is 4.29. The molecule has 2 aromatic heterocycles. The molecule has 0 aliphatic carbocycles. The maximum absolute atomic E-state index is 5.60. The second-order valence-electron chi connectivity index (χ2n) is 3.36. The van der Waals surface area contributed by atoms with Gasteiger partial charge in [0.25, 0.3) is 0 Å². The number of anilines is 1. The van der Waals surface area contributed by atoms with Crippen LogP contribution in [0.25, 0.3) is 0 Å². The Balaban J connectivity index is 1.89. The summed E-state index contributed by atoms with van der Waals surface area (Å²) in [6.07, 6.45) is 1.01. The molecule has 0 unspecified atom stereocenters. The first kappa shape index (κ1) is 11.4. The molecule has 0 fully saturated rings. The van der Waals surface area contributed by atoms with E-state index in [1.807, 2.05) is 19.5 Å². The number of hydrogen-bond acceptors (Lipinski definition) is 6. The maximum atomic E-state index is 5.60. The van der Waals surface area contributed by atoms with Gasteiger partial charge in [0.15, 0.2) is 5.16 Å². The van der Waals surface area contributed by atoms with Gasteiger partial charge in [-0.25, -0.2) is 4.98 Å². The van der Waals surface area contributed by atoms with Gasteiger partial charge in [-0.15, -0.1) is 21.5 Å². The Morgan fingerprint density at radius 2 is 2.31 bits per heavy atom. The molecule has 2 aromatic rings. The topological polar surface area (TPSA) is 69.6 Å². The Bertz CT molecular complexity index is 476. The van der Waals surface area contributed by atoms with Gasteiger partial charge in [-0.3, -0.25) is 4.57 Å². The van der Waals surface area contributed by atoms with Crippen LogP contribution in [0.15, 0.2) is 10.7 Å². The van der Waals surface area contributed by atoms with Crippen molar-refractivity contribution in [1.82, 2.24) is 19.7 Å². The molecule has 0 radical (unpaired) electrons. The number of rotatable bonds is 4. The molecule has 0 bridgehead atoms. The quantitative estimate of drug-likeness (QED) is 0.838. The fourth-order valence-corrected chi connectivity index (χ4v) is 3.04. The summed E-state index contributed by atoms with van der Waals surface area (Å²) in [6, 6.07) is 0. The van der Waals surface area contributed by atoms with Crippen LogP contribution in [0.3, 0.4) is 0 Å². The molecule has 86 valence electrons. The number of aryl methyl sites for hydroxylation is 2. The summed E-state index contributed by atoms with van der Waals surface area (Å²) in [5.74, 6) is 1.42. The Labute approximate surface area is 102 Å². The first-order valence-electron chi connectivity index (χ1n) is 4.85. The van der Waals surface area contributed by atoms with Crippen molar-refractivity contribution in [2.45, 2.75) is 18.5 Å². The molecule has 0 saturated heterocycles. The van der Waals surface area contributed by atoms with Gasteiger partial charge in [0, 0.05) is 17.7 Å². The van der Waals surface area contributed by atoms with E-state index in [4.69, 9.17) is 5.73 Å². The minimum absolute atomic E-state index is 0.455. The second-order valence-corrected chi connectivity index (χ2v) is 5.36. The zero-order valence-corrected chi connectivity index (χ0v) is 10.8. The zero-order chi connectivity index (χ0) is 11.5. The summed E-state index contributed by atoms with van der Waals surface area (Å²) in [6.45, 7) is 2.04. The minimum Gasteiger partial charge on any atom is -0.368 e. The molecule has 2 rings (SSSR count). The van der Waals surface area contributed by atoms with Crippen molar-refractivity contribution in [2.24, 2.45) is 7.05 Å². The molecule has 7 heteroatoms. The van der Waals surface area contributed by atoms with Crippen LogP contribution < -0.4 is 5.73 Å². The third kappa shape index (κ3) is 2.35. The minimum atomic E-state index is 0.455. The van der Waals surface area contributed by atoms with Crippen molar-refractivity contribution in [1.29, 1.82) is 0 Å². The van der Waals surface area contributed by atoms with E-state index in [1.54, 1.807) is 27.7 Å². The van der Waals surface area contributed by atoms with Crippen LogP contribution in [-0.2, 0) is 13.5 Å². The maximum Gasteiger partial charge on any atom is 0.222 e. The van der Waals surface area contributed by atoms with Gasteiger partial charge >= 0.3 is 0 Å². The first-order valence-corrected chi connectivity index (χ1v) is 6.71. The van der Waals surface area contributed by atoms with Gasteiger partial charge in [-0.05, 0) is 13.3 Å². The molecular formula is C9H13N5S2. The Morgan fingerprint density at radius 3 is 2.88 bits per heavy atom. The number of thioether (sulfide) groups is 1. The van der Waals surface area contributed by atoms with Crippen molar-refractivity contribution < 1.29 is 0 Å². The van der Waals surface area contributed by atoms with E-state index < -0.39 is 0 Å². The van der Waals surface area contributed by atoms with Gasteiger partial charge in [0.2, 0.25) is 5.95 Å². The standard InChI is InChI=1S/C9H13N5S2/c1-6-7(16-5-11-6)3-4-15-9-13-12-8(10)14(9)2/h5H,3-4H2,1-2H3,(H2,10,12). The van der Waals surface area contributed by atoms with Crippen LogP contribution in [-0.4, -0.2) is 25.5 Å². The van der Waals surface area contributed by atoms with Gasteiger partial charge in [-0.1, -0.05) is 11.8 Å². The lowest BCUT2D eigenvalue weighted by Gasteiger charge is -2.00. The molecule has 0 saturated carbocycles. The van der Waals surface area contributed by atoms with Crippen molar-refractivity contribution in [3.8, 4) is 0 Å². The Morgan fingerprint density at radius 1 is 1.50 bits per heavy atom. The molecule has 0 atom stereocenters. The number of nitrogen functional groups attached to an aromatic ring is 1. The number of nitrogens with two attached hydrogens (primary N) is 1. The van der Waals surface area contributed by atoms with Crippen LogP contribution in [0.4, 0.5) is 5.95 Å². The van der Waals surface area contributed by atoms with Crippen molar-refractivity contribution >= 4 is 29.0 Å². The monoisotopic (exact) mass is 255 g/mol. The average Bonchev–Trinajstić information content (AvgIpc) is 2.80. The summed E-state index contributed by atoms with van der Waals surface area (Å²) in [4.78, 5) is 5.56. The van der Waals surface area contributed by atoms with Crippen molar-refractivity contribution in [2.75, 3.05) is 11.5 Å². The van der Waals surface area contributed by atoms with Gasteiger partial charge in [0.05, 0.1) is 11.2 Å². The smallest absolute Gasteiger partial charge is 0.222 e. The fraction of sp³-hybridized carbons (Fsp3) is 0.444. The van der Waals surface area contributed by atoms with Crippen LogP contribution in [0.2, 0.25) is 0 Å². The predicted octanol–water partition coefficient (Wildman–Crippen LogP) is 1.50. The number of hydrogen-bond donors (Lipinski definition) is 1. The molecule has 2 heterocycles. The Hall–Kier alpha value is -1.08. The van der Waals surface area contributed by atoms with Crippen LogP contribution in [0.5, 0.6) is 0 Å². The second kappa shape index (κ2) is 4.84. The van der Waals surface area contributed by atoms with E-state index in [-0.39, 0.29) is 0 Å². The van der Waals surface area contributed by atoms with E-state index in [2.05, 4.69) is 15.2 Å². The molecular weight excluding hydrogens is 242 g/mol. The van der Waals surface area contributed by atoms with Crippen molar-refractivity contribution in [3.05, 3.63) is 16.1 Å². The average molecular weight is 255 g/mol. The summed E-state index contributed by atoms with van der Waals surface area (Å²) in [5, 5.41) is 8.67. The number of thiazole rings is 1. The lowest BCUT2D eigenvalue weighted by molar-refractivity contribution is 0.795. The molecule has 2 N–H and O–H groups in total. The van der Waals surface area contributed by atoms with Crippen LogP contribution in [0.1, 0.15) is 10.6 Å². The summed E-state index contributed by atoms with van der Waals surface area (Å²) >= 11 is 3.37. The molecule has 16 heavy (non-hydrogen) atoms. The molecule has 5 nitrogen and oxygen atoms in total. The lowest BCUT2D eigenvalue weighted by atomic mass is 10.3. The summed E-state index contributed by atoms with van der Waals surface area (Å²) in [5.41, 5.74) is 8.61. The first-order chi connectivity index (χ1) is 7.68. The third-order valence-electron chi connectivity index (χ3n) is 2.27. The van der Waals surface area contributed by atoms with Crippen LogP contribution >= 0.6 is 23.1 Å². The van der Waals surface area contributed by atoms with E-state index >= 15 is 0 Å². The highest BCUT2D eigenvalue weighted by Crippen LogP contribution is 2.20. The number of aromatic nitrogens is 4. The lowest BCUT2D eigenvalue weighted by Crippen LogP contribution is -1.98. The molecule has 0 amide bonds. The van der Waals surface area contributed by atoms with Gasteiger partial charge in [0.1, 0.15) is 0 Å². The van der Waals surface area contributed by atoms with E-state index in [9.17, 15) is 0 Å². The molecule has 0 aliphatic rings. The molecule has 0 aromatic carbocycles. The molecule has 0 spiro atoms.